The van der Waals surface area contributed by atoms with Crippen molar-refractivity contribution in [2.24, 2.45) is 0 Å². The molecular weight excluding hydrogens is 395 g/mol. The maximum absolute atomic E-state index is 11.3. The highest BCUT2D eigenvalue weighted by Crippen LogP contribution is 2.34. The molecule has 1 fully saturated rings. The maximum Gasteiger partial charge on any atom is 0.307 e. The first-order valence-electron chi connectivity index (χ1n) is 9.80. The van der Waals surface area contributed by atoms with Crippen LogP contribution in [0.3, 0.4) is 0 Å². The summed E-state index contributed by atoms with van der Waals surface area (Å²) in [5.74, 6) is -0.829. The van der Waals surface area contributed by atoms with E-state index in [9.17, 15) is 9.90 Å². The van der Waals surface area contributed by atoms with Crippen molar-refractivity contribution < 1.29 is 9.90 Å². The molecule has 2 aromatic rings. The van der Waals surface area contributed by atoms with Crippen molar-refractivity contribution in [1.82, 2.24) is 4.90 Å². The summed E-state index contributed by atoms with van der Waals surface area (Å²) in [7, 11) is 0. The summed E-state index contributed by atoms with van der Waals surface area (Å²) in [4.78, 5) is 13.9. The van der Waals surface area contributed by atoms with Crippen LogP contribution in [0.4, 0.5) is 11.4 Å². The first-order chi connectivity index (χ1) is 13.5. The average Bonchev–Trinajstić information content (AvgIpc) is 2.67. The number of hydrogen-bond acceptors (Lipinski definition) is 3. The number of nitrogens with one attached hydrogen (secondary N) is 1. The van der Waals surface area contributed by atoms with Crippen molar-refractivity contribution in [2.45, 2.75) is 38.5 Å². The molecule has 0 aromatic heterocycles. The van der Waals surface area contributed by atoms with Crippen LogP contribution in [-0.4, -0.2) is 35.6 Å². The van der Waals surface area contributed by atoms with E-state index in [0.29, 0.717) is 15.7 Å². The van der Waals surface area contributed by atoms with Crippen molar-refractivity contribution in [3.63, 3.8) is 0 Å². The van der Waals surface area contributed by atoms with Crippen molar-refractivity contribution in [2.75, 3.05) is 25.0 Å². The number of piperidine rings is 1. The van der Waals surface area contributed by atoms with Gasteiger partial charge in [0.25, 0.3) is 0 Å². The number of halogens is 2. The van der Waals surface area contributed by atoms with Gasteiger partial charge < -0.3 is 15.3 Å². The number of carboxylic acid groups (broad SMARTS) is 1. The van der Waals surface area contributed by atoms with Gasteiger partial charge in [-0.1, -0.05) is 47.8 Å². The molecule has 2 N–H and O–H groups in total. The van der Waals surface area contributed by atoms with Crippen LogP contribution in [0.5, 0.6) is 0 Å². The number of aliphatic carboxylic acids is 1. The zero-order chi connectivity index (χ0) is 19.9. The summed E-state index contributed by atoms with van der Waals surface area (Å²) >= 11 is 12.6. The molecule has 3 rings (SSSR count). The molecule has 6 heteroatoms. The third-order valence-electron chi connectivity index (χ3n) is 5.19. The number of hydrogen-bond donors (Lipinski definition) is 2. The van der Waals surface area contributed by atoms with Gasteiger partial charge in [0.15, 0.2) is 0 Å². The summed E-state index contributed by atoms with van der Waals surface area (Å²) in [6, 6.07) is 11.1. The lowest BCUT2D eigenvalue weighted by atomic mass is 9.97. The van der Waals surface area contributed by atoms with E-state index in [1.807, 2.05) is 18.2 Å². The van der Waals surface area contributed by atoms with Gasteiger partial charge in [-0.15, -0.1) is 0 Å². The van der Waals surface area contributed by atoms with Crippen LogP contribution >= 0.6 is 23.2 Å². The number of likely N-dealkylation sites (tertiary alicyclic amines) is 1. The van der Waals surface area contributed by atoms with Crippen LogP contribution in [0.1, 0.15) is 36.8 Å². The molecule has 4 nitrogen and oxygen atoms in total. The number of carboxylic acids is 1. The van der Waals surface area contributed by atoms with Crippen molar-refractivity contribution in [1.29, 1.82) is 0 Å². The third kappa shape index (κ3) is 5.63. The Kier molecular flexibility index (Phi) is 7.60. The van der Waals surface area contributed by atoms with Gasteiger partial charge in [-0.25, -0.2) is 0 Å². The molecular formula is C22H26Cl2N2O2. The lowest BCUT2D eigenvalue weighted by molar-refractivity contribution is -0.136. The van der Waals surface area contributed by atoms with Gasteiger partial charge in [0.1, 0.15) is 0 Å². The summed E-state index contributed by atoms with van der Waals surface area (Å²) in [6.45, 7) is 3.36. The maximum atomic E-state index is 11.3. The zero-order valence-electron chi connectivity index (χ0n) is 15.9. The number of nitrogens with zero attached hydrogens (tertiary/aromatic N) is 1. The van der Waals surface area contributed by atoms with Crippen LogP contribution in [-0.2, 0) is 17.6 Å². The number of para-hydroxylation sites is 1. The summed E-state index contributed by atoms with van der Waals surface area (Å²) in [6.07, 6.45) is 5.67. The van der Waals surface area contributed by atoms with E-state index in [4.69, 9.17) is 23.2 Å². The van der Waals surface area contributed by atoms with E-state index in [1.165, 1.54) is 19.3 Å². The topological polar surface area (TPSA) is 52.6 Å². The molecule has 0 bridgehead atoms. The predicted molar refractivity (Wildman–Crippen MR) is 116 cm³/mol. The van der Waals surface area contributed by atoms with Crippen LogP contribution in [0.15, 0.2) is 36.4 Å². The van der Waals surface area contributed by atoms with Gasteiger partial charge in [0, 0.05) is 5.69 Å². The molecule has 2 aromatic carbocycles. The molecule has 0 spiro atoms. The number of anilines is 2. The SMILES string of the molecule is O=C(O)Cc1cccc(Nc2c(Cl)cccc2Cl)c1CCCN1CCCCC1. The highest BCUT2D eigenvalue weighted by molar-refractivity contribution is 6.39. The fourth-order valence-electron chi connectivity index (χ4n) is 3.79. The predicted octanol–water partition coefficient (Wildman–Crippen LogP) is 5.78. The molecule has 150 valence electrons. The van der Waals surface area contributed by atoms with E-state index in [2.05, 4.69) is 10.2 Å². The Hall–Kier alpha value is -1.75. The molecule has 0 atom stereocenters. The summed E-state index contributed by atoms with van der Waals surface area (Å²) < 4.78 is 0. The highest BCUT2D eigenvalue weighted by atomic mass is 35.5. The Morgan fingerprint density at radius 1 is 1.04 bits per heavy atom. The van der Waals surface area contributed by atoms with Crippen LogP contribution < -0.4 is 5.32 Å². The van der Waals surface area contributed by atoms with Gasteiger partial charge in [-0.05, 0) is 74.6 Å². The highest BCUT2D eigenvalue weighted by Gasteiger charge is 2.15. The number of rotatable bonds is 8. The smallest absolute Gasteiger partial charge is 0.307 e. The normalized spacial score (nSPS) is 14.8. The third-order valence-corrected chi connectivity index (χ3v) is 5.82. The van der Waals surface area contributed by atoms with Crippen molar-refractivity contribution in [3.8, 4) is 0 Å². The Morgan fingerprint density at radius 3 is 2.39 bits per heavy atom. The molecule has 1 saturated heterocycles. The molecule has 1 heterocycles. The summed E-state index contributed by atoms with van der Waals surface area (Å²) in [5.41, 5.74) is 3.38. The van der Waals surface area contributed by atoms with Crippen LogP contribution in [0, 0.1) is 0 Å². The van der Waals surface area contributed by atoms with E-state index in [-0.39, 0.29) is 6.42 Å². The minimum Gasteiger partial charge on any atom is -0.481 e. The fourth-order valence-corrected chi connectivity index (χ4v) is 4.28. The average molecular weight is 421 g/mol. The molecule has 28 heavy (non-hydrogen) atoms. The van der Waals surface area contributed by atoms with E-state index in [0.717, 1.165) is 49.3 Å². The molecule has 0 radical (unpaired) electrons. The summed E-state index contributed by atoms with van der Waals surface area (Å²) in [5, 5.41) is 13.7. The Morgan fingerprint density at radius 2 is 1.71 bits per heavy atom. The lowest BCUT2D eigenvalue weighted by Crippen LogP contribution is -2.30. The van der Waals surface area contributed by atoms with Gasteiger partial charge in [0.05, 0.1) is 22.2 Å². The second-order valence-electron chi connectivity index (χ2n) is 7.24. The monoisotopic (exact) mass is 420 g/mol. The molecule has 1 aliphatic rings. The first kappa shape index (κ1) is 21.0. The van der Waals surface area contributed by atoms with Gasteiger partial charge in [-0.3, -0.25) is 4.79 Å². The Bertz CT molecular complexity index is 800. The quantitative estimate of drug-likeness (QED) is 0.567. The molecule has 0 aliphatic carbocycles. The Labute approximate surface area is 176 Å². The zero-order valence-corrected chi connectivity index (χ0v) is 17.4. The van der Waals surface area contributed by atoms with Crippen molar-refractivity contribution in [3.05, 3.63) is 57.6 Å². The molecule has 1 aliphatic heterocycles. The largest absolute Gasteiger partial charge is 0.481 e. The minimum absolute atomic E-state index is 0.00478. The second-order valence-corrected chi connectivity index (χ2v) is 8.06. The molecule has 0 amide bonds. The molecule has 0 saturated carbocycles. The van der Waals surface area contributed by atoms with Crippen LogP contribution in [0.25, 0.3) is 0 Å². The van der Waals surface area contributed by atoms with Gasteiger partial charge in [0.2, 0.25) is 0 Å². The lowest BCUT2D eigenvalue weighted by Gasteiger charge is -2.26. The van der Waals surface area contributed by atoms with Gasteiger partial charge in [-0.2, -0.15) is 0 Å². The van der Waals surface area contributed by atoms with E-state index < -0.39 is 5.97 Å². The van der Waals surface area contributed by atoms with Crippen molar-refractivity contribution >= 4 is 40.5 Å². The number of benzene rings is 2. The molecule has 0 unspecified atom stereocenters. The standard InChI is InChI=1S/C22H26Cl2N2O2/c23-18-9-5-10-19(24)22(18)25-20-11-4-7-16(15-21(27)28)17(20)8-6-14-26-12-2-1-3-13-26/h4-5,7,9-11,25H,1-3,6,8,12-15H2,(H,27,28). The van der Waals surface area contributed by atoms with E-state index in [1.54, 1.807) is 18.2 Å². The van der Waals surface area contributed by atoms with Gasteiger partial charge >= 0.3 is 5.97 Å². The van der Waals surface area contributed by atoms with E-state index >= 15 is 0 Å². The van der Waals surface area contributed by atoms with Crippen LogP contribution in [0.2, 0.25) is 10.0 Å². The second kappa shape index (κ2) is 10.1. The Balaban J connectivity index is 1.81. The fraction of sp³-hybridized carbons (Fsp3) is 0.409. The minimum atomic E-state index is -0.829. The number of carbonyl (C=O) groups is 1. The first-order valence-corrected chi connectivity index (χ1v) is 10.6.